The monoisotopic (exact) mass is 363 g/mol. The minimum absolute atomic E-state index is 0. The summed E-state index contributed by atoms with van der Waals surface area (Å²) in [5, 5.41) is 13.7. The first-order chi connectivity index (χ1) is 10.3. The second-order valence-electron chi connectivity index (χ2n) is 10.5. The van der Waals surface area contributed by atoms with E-state index in [0.717, 1.165) is 19.3 Å². The highest BCUT2D eigenvalue weighted by Gasteiger charge is 2.33. The number of β-amino-alcohol motifs (C(OH)–C–C–N with tert-alkyl or cyclic N) is 1. The van der Waals surface area contributed by atoms with E-state index in [1.54, 1.807) is 0 Å². The Hall–Kier alpha value is 0.170. The lowest BCUT2D eigenvalue weighted by Crippen LogP contribution is -2.46. The Bertz CT molecular complexity index is 363. The Morgan fingerprint density at radius 3 is 2.25 bits per heavy atom. The molecule has 0 aromatic rings. The first-order valence-corrected chi connectivity index (χ1v) is 9.33. The third-order valence-corrected chi connectivity index (χ3v) is 4.66. The van der Waals surface area contributed by atoms with Crippen molar-refractivity contribution in [2.45, 2.75) is 98.8 Å². The Morgan fingerprint density at radius 2 is 1.75 bits per heavy atom. The molecular weight excluding hydrogens is 322 g/mol. The maximum atomic E-state index is 10.2. The lowest BCUT2D eigenvalue weighted by molar-refractivity contribution is -0.0561. The molecule has 4 heteroatoms. The van der Waals surface area contributed by atoms with Crippen molar-refractivity contribution in [3.05, 3.63) is 0 Å². The molecule has 146 valence electrons. The Morgan fingerprint density at radius 1 is 1.17 bits per heavy atom. The number of nitrogens with one attached hydrogen (secondary N) is 1. The lowest BCUT2D eigenvalue weighted by Gasteiger charge is -2.39. The largest absolute Gasteiger partial charge is 0.389 e. The van der Waals surface area contributed by atoms with Gasteiger partial charge >= 0.3 is 0 Å². The highest BCUT2D eigenvalue weighted by atomic mass is 35.5. The van der Waals surface area contributed by atoms with Gasteiger partial charge in [-0.25, -0.2) is 0 Å². The van der Waals surface area contributed by atoms with Crippen molar-refractivity contribution in [2.75, 3.05) is 13.2 Å². The van der Waals surface area contributed by atoms with Crippen molar-refractivity contribution < 1.29 is 9.84 Å². The molecule has 1 fully saturated rings. The van der Waals surface area contributed by atoms with Crippen LogP contribution in [-0.2, 0) is 4.74 Å². The molecule has 0 bridgehead atoms. The fraction of sp³-hybridized carbons (Fsp3) is 1.00. The normalized spacial score (nSPS) is 25.9. The highest BCUT2D eigenvalue weighted by molar-refractivity contribution is 5.85. The van der Waals surface area contributed by atoms with Gasteiger partial charge in [-0.2, -0.15) is 0 Å². The number of rotatable bonds is 7. The van der Waals surface area contributed by atoms with E-state index in [4.69, 9.17) is 4.74 Å². The van der Waals surface area contributed by atoms with Crippen LogP contribution in [0.4, 0.5) is 0 Å². The van der Waals surface area contributed by atoms with Crippen LogP contribution >= 0.6 is 12.4 Å². The van der Waals surface area contributed by atoms with Gasteiger partial charge in [-0.3, -0.25) is 0 Å². The average Bonchev–Trinajstić information content (AvgIpc) is 2.28. The molecule has 0 aromatic heterocycles. The van der Waals surface area contributed by atoms with Gasteiger partial charge < -0.3 is 15.2 Å². The molecule has 24 heavy (non-hydrogen) atoms. The van der Waals surface area contributed by atoms with Crippen molar-refractivity contribution in [3.8, 4) is 0 Å². The van der Waals surface area contributed by atoms with Gasteiger partial charge in [-0.15, -0.1) is 12.4 Å². The van der Waals surface area contributed by atoms with Crippen LogP contribution in [0.1, 0.15) is 81.1 Å². The maximum Gasteiger partial charge on any atom is 0.0898 e. The van der Waals surface area contributed by atoms with E-state index >= 15 is 0 Å². The SMILES string of the molecule is CC1CC(OCC(O)CNC(C)(C)CC(C)(C)C)CC(C)(C)C1.Cl. The van der Waals surface area contributed by atoms with E-state index in [1.807, 2.05) is 0 Å². The van der Waals surface area contributed by atoms with Crippen molar-refractivity contribution in [1.29, 1.82) is 0 Å². The summed E-state index contributed by atoms with van der Waals surface area (Å²) in [6.07, 6.45) is 4.44. The fourth-order valence-electron chi connectivity index (χ4n) is 4.47. The highest BCUT2D eigenvalue weighted by Crippen LogP contribution is 2.39. The van der Waals surface area contributed by atoms with Gasteiger partial charge in [0.25, 0.3) is 0 Å². The topological polar surface area (TPSA) is 41.5 Å². The zero-order chi connectivity index (χ0) is 17.9. The number of aliphatic hydroxyl groups is 1. The molecule has 0 radical (unpaired) electrons. The van der Waals surface area contributed by atoms with Gasteiger partial charge in [-0.05, 0) is 56.3 Å². The second-order valence-corrected chi connectivity index (χ2v) is 10.5. The van der Waals surface area contributed by atoms with Crippen LogP contribution < -0.4 is 5.32 Å². The smallest absolute Gasteiger partial charge is 0.0898 e. The van der Waals surface area contributed by atoms with Crippen LogP contribution in [0.25, 0.3) is 0 Å². The molecule has 3 atom stereocenters. The number of hydrogen-bond donors (Lipinski definition) is 2. The van der Waals surface area contributed by atoms with Crippen LogP contribution in [0.3, 0.4) is 0 Å². The number of aliphatic hydroxyl groups excluding tert-OH is 1. The van der Waals surface area contributed by atoms with E-state index < -0.39 is 6.10 Å². The first kappa shape index (κ1) is 24.2. The second kappa shape index (κ2) is 9.21. The summed E-state index contributed by atoms with van der Waals surface area (Å²) in [5.74, 6) is 0.713. The summed E-state index contributed by atoms with van der Waals surface area (Å²) in [4.78, 5) is 0. The number of hydrogen-bond acceptors (Lipinski definition) is 3. The van der Waals surface area contributed by atoms with Crippen LogP contribution in [0, 0.1) is 16.7 Å². The summed E-state index contributed by atoms with van der Waals surface area (Å²) in [6, 6.07) is 0. The zero-order valence-corrected chi connectivity index (χ0v) is 18.1. The van der Waals surface area contributed by atoms with Gasteiger partial charge in [0.05, 0.1) is 18.8 Å². The molecular formula is C20H42ClNO2. The molecule has 1 aliphatic carbocycles. The van der Waals surface area contributed by atoms with Crippen LogP contribution in [-0.4, -0.2) is 36.0 Å². The summed E-state index contributed by atoms with van der Waals surface area (Å²) in [7, 11) is 0. The molecule has 0 amide bonds. The molecule has 0 spiro atoms. The van der Waals surface area contributed by atoms with Crippen molar-refractivity contribution in [1.82, 2.24) is 5.32 Å². The Labute approximate surface area is 156 Å². The molecule has 0 heterocycles. The molecule has 0 aliphatic heterocycles. The Balaban J connectivity index is 0.00000529. The van der Waals surface area contributed by atoms with Crippen molar-refractivity contribution in [3.63, 3.8) is 0 Å². The molecule has 1 aliphatic rings. The lowest BCUT2D eigenvalue weighted by atomic mass is 9.71. The average molecular weight is 364 g/mol. The molecule has 3 unspecified atom stereocenters. The van der Waals surface area contributed by atoms with E-state index in [1.165, 1.54) is 6.42 Å². The van der Waals surface area contributed by atoms with E-state index in [2.05, 4.69) is 60.7 Å². The summed E-state index contributed by atoms with van der Waals surface area (Å²) in [5.41, 5.74) is 0.669. The molecule has 1 rings (SSSR count). The zero-order valence-electron chi connectivity index (χ0n) is 17.2. The minimum Gasteiger partial charge on any atom is -0.389 e. The summed E-state index contributed by atoms with van der Waals surface area (Å²) >= 11 is 0. The summed E-state index contributed by atoms with van der Waals surface area (Å²) < 4.78 is 6.03. The van der Waals surface area contributed by atoms with E-state index in [9.17, 15) is 5.11 Å². The standard InChI is InChI=1S/C20H41NO2.ClH/c1-15-9-17(11-19(5,6)10-15)23-13-16(22)12-21-20(7,8)14-18(2,3)4;/h15-17,21-22H,9-14H2,1-8H3;1H. The van der Waals surface area contributed by atoms with Crippen LogP contribution in [0.2, 0.25) is 0 Å². The number of halogens is 1. The maximum absolute atomic E-state index is 10.2. The summed E-state index contributed by atoms with van der Waals surface area (Å²) in [6.45, 7) is 19.2. The third kappa shape index (κ3) is 10.2. The van der Waals surface area contributed by atoms with Gasteiger partial charge in [0, 0.05) is 12.1 Å². The third-order valence-electron chi connectivity index (χ3n) is 4.66. The molecule has 2 N–H and O–H groups in total. The predicted molar refractivity (Wildman–Crippen MR) is 106 cm³/mol. The van der Waals surface area contributed by atoms with Crippen LogP contribution in [0.15, 0.2) is 0 Å². The predicted octanol–water partition coefficient (Wildman–Crippen LogP) is 4.80. The van der Waals surface area contributed by atoms with Gasteiger partial charge in [0.15, 0.2) is 0 Å². The van der Waals surface area contributed by atoms with Gasteiger partial charge in [0.1, 0.15) is 0 Å². The van der Waals surface area contributed by atoms with Gasteiger partial charge in [0.2, 0.25) is 0 Å². The molecule has 0 saturated heterocycles. The Kier molecular flexibility index (Phi) is 9.27. The fourth-order valence-corrected chi connectivity index (χ4v) is 4.47. The number of ether oxygens (including phenoxy) is 1. The van der Waals surface area contributed by atoms with Crippen LogP contribution in [0.5, 0.6) is 0 Å². The quantitative estimate of drug-likeness (QED) is 0.682. The van der Waals surface area contributed by atoms with E-state index in [-0.39, 0.29) is 23.4 Å². The van der Waals surface area contributed by atoms with Gasteiger partial charge in [-0.1, -0.05) is 41.5 Å². The molecule has 3 nitrogen and oxygen atoms in total. The molecule has 1 saturated carbocycles. The van der Waals surface area contributed by atoms with E-state index in [0.29, 0.717) is 30.6 Å². The minimum atomic E-state index is -0.436. The van der Waals surface area contributed by atoms with Crippen molar-refractivity contribution in [2.24, 2.45) is 16.7 Å². The van der Waals surface area contributed by atoms with Crippen molar-refractivity contribution >= 4 is 12.4 Å². The molecule has 0 aromatic carbocycles. The first-order valence-electron chi connectivity index (χ1n) is 9.33.